The van der Waals surface area contributed by atoms with Crippen LogP contribution in [0.3, 0.4) is 0 Å². The van der Waals surface area contributed by atoms with Gasteiger partial charge in [0, 0.05) is 25.1 Å². The Morgan fingerprint density at radius 3 is 2.76 bits per heavy atom. The standard InChI is InChI=1S/C13H20N2O5S/c1-3-20-13(16)12-9(2)14-8-11(12)15-21(17,18)10-4-6-19-7-5-10/h8,10,14-15H,3-7H2,1-2H3. The summed E-state index contributed by atoms with van der Waals surface area (Å²) in [4.78, 5) is 14.8. The summed E-state index contributed by atoms with van der Waals surface area (Å²) in [5.74, 6) is -0.541. The van der Waals surface area contributed by atoms with Crippen LogP contribution in [0.4, 0.5) is 5.69 Å². The Labute approximate surface area is 124 Å². The van der Waals surface area contributed by atoms with Gasteiger partial charge in [0.15, 0.2) is 0 Å². The highest BCUT2D eigenvalue weighted by atomic mass is 32.2. The molecule has 1 aliphatic heterocycles. The van der Waals surface area contributed by atoms with Crippen molar-refractivity contribution in [3.8, 4) is 0 Å². The number of rotatable bonds is 5. The van der Waals surface area contributed by atoms with E-state index in [1.807, 2.05) is 0 Å². The van der Waals surface area contributed by atoms with Crippen LogP contribution in [0, 0.1) is 6.92 Å². The molecule has 1 aromatic rings. The van der Waals surface area contributed by atoms with Crippen molar-refractivity contribution in [2.45, 2.75) is 31.9 Å². The Kier molecular flexibility index (Phi) is 4.89. The minimum atomic E-state index is -3.55. The van der Waals surface area contributed by atoms with Crippen molar-refractivity contribution >= 4 is 21.7 Å². The molecule has 1 saturated heterocycles. The Bertz CT molecular complexity index is 602. The van der Waals surface area contributed by atoms with E-state index in [4.69, 9.17) is 9.47 Å². The third kappa shape index (κ3) is 3.56. The molecule has 2 heterocycles. The Hall–Kier alpha value is -1.54. The van der Waals surface area contributed by atoms with E-state index in [0.29, 0.717) is 31.7 Å². The average molecular weight is 316 g/mol. The van der Waals surface area contributed by atoms with Crippen LogP contribution in [0.2, 0.25) is 0 Å². The number of H-pyrrole nitrogens is 1. The third-order valence-electron chi connectivity index (χ3n) is 3.42. The summed E-state index contributed by atoms with van der Waals surface area (Å²) in [6.45, 7) is 4.49. The highest BCUT2D eigenvalue weighted by molar-refractivity contribution is 7.93. The van der Waals surface area contributed by atoms with Crippen LogP contribution < -0.4 is 4.72 Å². The third-order valence-corrected chi connectivity index (χ3v) is 5.27. The van der Waals surface area contributed by atoms with E-state index >= 15 is 0 Å². The first-order valence-corrected chi connectivity index (χ1v) is 8.44. The maximum Gasteiger partial charge on any atom is 0.342 e. The molecule has 0 aromatic carbocycles. The first-order chi connectivity index (χ1) is 9.95. The fraction of sp³-hybridized carbons (Fsp3) is 0.615. The molecule has 0 aliphatic carbocycles. The number of carbonyl (C=O) groups is 1. The van der Waals surface area contributed by atoms with Gasteiger partial charge in [0.25, 0.3) is 0 Å². The molecule has 0 bridgehead atoms. The van der Waals surface area contributed by atoms with Gasteiger partial charge in [-0.2, -0.15) is 0 Å². The fourth-order valence-electron chi connectivity index (χ4n) is 2.30. The number of ether oxygens (including phenoxy) is 2. The number of hydrogen-bond acceptors (Lipinski definition) is 5. The second-order valence-electron chi connectivity index (χ2n) is 4.88. The molecule has 0 spiro atoms. The highest BCUT2D eigenvalue weighted by Gasteiger charge is 2.30. The average Bonchev–Trinajstić information content (AvgIpc) is 2.80. The van der Waals surface area contributed by atoms with Crippen LogP contribution in [0.25, 0.3) is 0 Å². The molecule has 0 saturated carbocycles. The van der Waals surface area contributed by atoms with Gasteiger partial charge in [-0.25, -0.2) is 13.2 Å². The summed E-state index contributed by atoms with van der Waals surface area (Å²) in [5.41, 5.74) is 1.03. The summed E-state index contributed by atoms with van der Waals surface area (Å²) >= 11 is 0. The van der Waals surface area contributed by atoms with Crippen molar-refractivity contribution in [3.63, 3.8) is 0 Å². The minimum Gasteiger partial charge on any atom is -0.462 e. The molecule has 21 heavy (non-hydrogen) atoms. The topological polar surface area (TPSA) is 97.5 Å². The summed E-state index contributed by atoms with van der Waals surface area (Å²) in [7, 11) is -3.55. The molecule has 1 aliphatic rings. The largest absolute Gasteiger partial charge is 0.462 e. The van der Waals surface area contributed by atoms with Gasteiger partial charge >= 0.3 is 5.97 Å². The van der Waals surface area contributed by atoms with Crippen molar-refractivity contribution in [3.05, 3.63) is 17.5 Å². The van der Waals surface area contributed by atoms with E-state index in [-0.39, 0.29) is 17.9 Å². The highest BCUT2D eigenvalue weighted by Crippen LogP contribution is 2.24. The van der Waals surface area contributed by atoms with Gasteiger partial charge in [-0.3, -0.25) is 4.72 Å². The van der Waals surface area contributed by atoms with Crippen LogP contribution in [0.15, 0.2) is 6.20 Å². The smallest absolute Gasteiger partial charge is 0.342 e. The van der Waals surface area contributed by atoms with Crippen LogP contribution in [0.5, 0.6) is 0 Å². The first kappa shape index (κ1) is 15.8. The van der Waals surface area contributed by atoms with E-state index in [2.05, 4.69) is 9.71 Å². The van der Waals surface area contributed by atoms with Crippen LogP contribution in [-0.2, 0) is 19.5 Å². The number of aromatic nitrogens is 1. The number of aromatic amines is 1. The molecule has 1 fully saturated rings. The predicted octanol–water partition coefficient (Wildman–Crippen LogP) is 1.42. The molecular weight excluding hydrogens is 296 g/mol. The number of nitrogens with one attached hydrogen (secondary N) is 2. The lowest BCUT2D eigenvalue weighted by Crippen LogP contribution is -2.33. The molecule has 2 N–H and O–H groups in total. The van der Waals surface area contributed by atoms with Gasteiger partial charge in [0.05, 0.1) is 17.5 Å². The van der Waals surface area contributed by atoms with Gasteiger partial charge in [-0.05, 0) is 26.7 Å². The van der Waals surface area contributed by atoms with E-state index in [1.165, 1.54) is 6.20 Å². The minimum absolute atomic E-state index is 0.229. The number of hydrogen-bond donors (Lipinski definition) is 2. The zero-order chi connectivity index (χ0) is 15.5. The fourth-order valence-corrected chi connectivity index (χ4v) is 3.74. The Morgan fingerprint density at radius 2 is 2.14 bits per heavy atom. The Morgan fingerprint density at radius 1 is 1.48 bits per heavy atom. The van der Waals surface area contributed by atoms with Gasteiger partial charge in [0.1, 0.15) is 5.56 Å². The van der Waals surface area contributed by atoms with Gasteiger partial charge < -0.3 is 14.5 Å². The van der Waals surface area contributed by atoms with Crippen molar-refractivity contribution in [1.82, 2.24) is 4.98 Å². The second-order valence-corrected chi connectivity index (χ2v) is 6.84. The van der Waals surface area contributed by atoms with Gasteiger partial charge in [0.2, 0.25) is 10.0 Å². The van der Waals surface area contributed by atoms with Crippen LogP contribution in [-0.4, -0.2) is 44.4 Å². The van der Waals surface area contributed by atoms with Gasteiger partial charge in [-0.15, -0.1) is 0 Å². The number of carbonyl (C=O) groups excluding carboxylic acids is 1. The molecule has 0 unspecified atom stereocenters. The molecule has 0 radical (unpaired) electrons. The number of anilines is 1. The zero-order valence-electron chi connectivity index (χ0n) is 12.1. The predicted molar refractivity (Wildman–Crippen MR) is 77.9 cm³/mol. The molecule has 1 aromatic heterocycles. The molecule has 2 rings (SSSR count). The summed E-state index contributed by atoms with van der Waals surface area (Å²) in [6, 6.07) is 0. The van der Waals surface area contributed by atoms with Crippen molar-refractivity contribution in [1.29, 1.82) is 0 Å². The zero-order valence-corrected chi connectivity index (χ0v) is 13.0. The van der Waals surface area contributed by atoms with E-state index in [0.717, 1.165) is 0 Å². The lowest BCUT2D eigenvalue weighted by Gasteiger charge is -2.22. The second kappa shape index (κ2) is 6.48. The molecule has 118 valence electrons. The van der Waals surface area contributed by atoms with E-state index < -0.39 is 21.2 Å². The maximum atomic E-state index is 12.4. The van der Waals surface area contributed by atoms with Crippen LogP contribution >= 0.6 is 0 Å². The van der Waals surface area contributed by atoms with Crippen molar-refractivity contribution in [2.75, 3.05) is 24.5 Å². The maximum absolute atomic E-state index is 12.4. The SMILES string of the molecule is CCOC(=O)c1c(NS(=O)(=O)C2CCOCC2)c[nH]c1C. The first-order valence-electron chi connectivity index (χ1n) is 6.90. The van der Waals surface area contributed by atoms with Crippen molar-refractivity contribution < 1.29 is 22.7 Å². The summed E-state index contributed by atoms with van der Waals surface area (Å²) in [6.07, 6.45) is 2.37. The number of sulfonamides is 1. The Balaban J connectivity index is 2.21. The van der Waals surface area contributed by atoms with Crippen LogP contribution in [0.1, 0.15) is 35.8 Å². The molecule has 7 nitrogen and oxygen atoms in total. The van der Waals surface area contributed by atoms with Crippen molar-refractivity contribution in [2.24, 2.45) is 0 Å². The quantitative estimate of drug-likeness (QED) is 0.801. The molecule has 0 amide bonds. The normalized spacial score (nSPS) is 16.7. The van der Waals surface area contributed by atoms with Gasteiger partial charge in [-0.1, -0.05) is 0 Å². The summed E-state index contributed by atoms with van der Waals surface area (Å²) < 4.78 is 37.4. The lowest BCUT2D eigenvalue weighted by molar-refractivity contribution is 0.0527. The monoisotopic (exact) mass is 316 g/mol. The number of esters is 1. The molecule has 8 heteroatoms. The molecular formula is C13H20N2O5S. The van der Waals surface area contributed by atoms with E-state index in [1.54, 1.807) is 13.8 Å². The molecule has 0 atom stereocenters. The summed E-state index contributed by atoms with van der Waals surface area (Å²) in [5, 5.41) is -0.503. The van der Waals surface area contributed by atoms with E-state index in [9.17, 15) is 13.2 Å². The number of aryl methyl sites for hydroxylation is 1. The lowest BCUT2D eigenvalue weighted by atomic mass is 10.2.